The zero-order valence-electron chi connectivity index (χ0n) is 12.9. The highest BCUT2D eigenvalue weighted by Gasteiger charge is 2.29. The number of nitrogens with zero attached hydrogens (tertiary/aromatic N) is 3. The lowest BCUT2D eigenvalue weighted by Gasteiger charge is -2.40. The molecule has 4 nitrogen and oxygen atoms in total. The van der Waals surface area contributed by atoms with Crippen LogP contribution in [0, 0.1) is 5.92 Å². The van der Waals surface area contributed by atoms with E-state index in [9.17, 15) is 0 Å². The molecule has 4 heteroatoms. The molecule has 1 aromatic heterocycles. The third kappa shape index (κ3) is 3.48. The summed E-state index contributed by atoms with van der Waals surface area (Å²) in [5.41, 5.74) is 7.13. The summed E-state index contributed by atoms with van der Waals surface area (Å²) < 4.78 is 0. The van der Waals surface area contributed by atoms with Crippen LogP contribution < -0.4 is 10.6 Å². The minimum Gasteiger partial charge on any atom is -0.353 e. The summed E-state index contributed by atoms with van der Waals surface area (Å²) in [6.07, 6.45) is 8.98. The van der Waals surface area contributed by atoms with Gasteiger partial charge in [-0.3, -0.25) is 0 Å². The van der Waals surface area contributed by atoms with E-state index in [1.54, 1.807) is 6.33 Å². The SMILES string of the molecule is CCCc1cc(N(CC)C2CCCCC2CN)ncn1. The van der Waals surface area contributed by atoms with Gasteiger partial charge in [-0.2, -0.15) is 0 Å². The molecule has 0 spiro atoms. The van der Waals surface area contributed by atoms with Gasteiger partial charge in [-0.15, -0.1) is 0 Å². The van der Waals surface area contributed by atoms with Crippen molar-refractivity contribution in [2.75, 3.05) is 18.0 Å². The van der Waals surface area contributed by atoms with Gasteiger partial charge >= 0.3 is 0 Å². The summed E-state index contributed by atoms with van der Waals surface area (Å²) in [5, 5.41) is 0. The van der Waals surface area contributed by atoms with Crippen LogP contribution in [-0.2, 0) is 6.42 Å². The second-order valence-electron chi connectivity index (χ2n) is 5.75. The predicted octanol–water partition coefficient (Wildman–Crippen LogP) is 2.77. The average molecular weight is 276 g/mol. The number of rotatable bonds is 6. The minimum atomic E-state index is 0.545. The predicted molar refractivity (Wildman–Crippen MR) is 83.8 cm³/mol. The maximum atomic E-state index is 5.98. The van der Waals surface area contributed by atoms with Crippen LogP contribution in [0.5, 0.6) is 0 Å². The number of nitrogens with two attached hydrogens (primary N) is 1. The summed E-state index contributed by atoms with van der Waals surface area (Å²) in [4.78, 5) is 11.3. The summed E-state index contributed by atoms with van der Waals surface area (Å²) in [5.74, 6) is 1.68. The minimum absolute atomic E-state index is 0.545. The molecule has 0 aromatic carbocycles. The molecule has 0 radical (unpaired) electrons. The topological polar surface area (TPSA) is 55.0 Å². The molecule has 1 aromatic rings. The number of aromatic nitrogens is 2. The molecule has 112 valence electrons. The van der Waals surface area contributed by atoms with Crippen LogP contribution in [0.4, 0.5) is 5.82 Å². The first-order valence-corrected chi connectivity index (χ1v) is 8.07. The molecular weight excluding hydrogens is 248 g/mol. The van der Waals surface area contributed by atoms with E-state index >= 15 is 0 Å². The van der Waals surface area contributed by atoms with Gasteiger partial charge in [0.2, 0.25) is 0 Å². The number of aryl methyl sites for hydroxylation is 1. The summed E-state index contributed by atoms with van der Waals surface area (Å²) in [7, 11) is 0. The van der Waals surface area contributed by atoms with Crippen molar-refractivity contribution in [1.82, 2.24) is 9.97 Å². The molecule has 1 heterocycles. The molecule has 1 aliphatic carbocycles. The van der Waals surface area contributed by atoms with E-state index in [0.29, 0.717) is 12.0 Å². The Morgan fingerprint density at radius 2 is 2.05 bits per heavy atom. The van der Waals surface area contributed by atoms with Crippen molar-refractivity contribution in [2.45, 2.75) is 58.4 Å². The van der Waals surface area contributed by atoms with Crippen molar-refractivity contribution in [3.8, 4) is 0 Å². The Morgan fingerprint density at radius 3 is 2.75 bits per heavy atom. The third-order valence-electron chi connectivity index (χ3n) is 4.42. The van der Waals surface area contributed by atoms with Crippen LogP contribution >= 0.6 is 0 Å². The molecule has 2 N–H and O–H groups in total. The molecular formula is C16H28N4. The lowest BCUT2D eigenvalue weighted by atomic mass is 9.83. The Bertz CT molecular complexity index is 407. The molecule has 0 amide bonds. The molecule has 2 atom stereocenters. The maximum absolute atomic E-state index is 5.98. The van der Waals surface area contributed by atoms with Gasteiger partial charge in [0.1, 0.15) is 12.1 Å². The Balaban J connectivity index is 2.19. The van der Waals surface area contributed by atoms with E-state index in [2.05, 4.69) is 34.8 Å². The van der Waals surface area contributed by atoms with Crippen molar-refractivity contribution in [3.05, 3.63) is 18.1 Å². The number of anilines is 1. The van der Waals surface area contributed by atoms with Gasteiger partial charge in [0.05, 0.1) is 0 Å². The van der Waals surface area contributed by atoms with E-state index < -0.39 is 0 Å². The molecule has 1 aliphatic rings. The van der Waals surface area contributed by atoms with Crippen LogP contribution in [-0.4, -0.2) is 29.1 Å². The second kappa shape index (κ2) is 7.58. The Hall–Kier alpha value is -1.16. The van der Waals surface area contributed by atoms with Gasteiger partial charge in [0.25, 0.3) is 0 Å². The molecule has 1 fully saturated rings. The fraction of sp³-hybridized carbons (Fsp3) is 0.750. The molecule has 0 saturated heterocycles. The summed E-state index contributed by atoms with van der Waals surface area (Å²) in [6, 6.07) is 2.71. The molecule has 2 unspecified atom stereocenters. The largest absolute Gasteiger partial charge is 0.353 e. The lowest BCUT2D eigenvalue weighted by Crippen LogP contribution is -2.45. The normalized spacial score (nSPS) is 22.8. The van der Waals surface area contributed by atoms with Crippen LogP contribution in [0.15, 0.2) is 12.4 Å². The van der Waals surface area contributed by atoms with E-state index in [0.717, 1.165) is 37.4 Å². The summed E-state index contributed by atoms with van der Waals surface area (Å²) >= 11 is 0. The number of hydrogen-bond donors (Lipinski definition) is 1. The molecule has 2 rings (SSSR count). The van der Waals surface area contributed by atoms with Crippen molar-refractivity contribution < 1.29 is 0 Å². The summed E-state index contributed by atoms with van der Waals surface area (Å²) in [6.45, 7) is 6.17. The first kappa shape index (κ1) is 15.2. The Labute approximate surface area is 122 Å². The van der Waals surface area contributed by atoms with Gasteiger partial charge < -0.3 is 10.6 Å². The highest BCUT2D eigenvalue weighted by atomic mass is 15.2. The quantitative estimate of drug-likeness (QED) is 0.868. The first-order valence-electron chi connectivity index (χ1n) is 8.07. The monoisotopic (exact) mass is 276 g/mol. The van der Waals surface area contributed by atoms with Gasteiger partial charge in [-0.25, -0.2) is 9.97 Å². The van der Waals surface area contributed by atoms with Crippen molar-refractivity contribution in [2.24, 2.45) is 11.7 Å². The van der Waals surface area contributed by atoms with Crippen LogP contribution in [0.3, 0.4) is 0 Å². The smallest absolute Gasteiger partial charge is 0.132 e. The van der Waals surface area contributed by atoms with Crippen LogP contribution in [0.1, 0.15) is 51.6 Å². The van der Waals surface area contributed by atoms with Gasteiger partial charge in [-0.1, -0.05) is 26.2 Å². The zero-order chi connectivity index (χ0) is 14.4. The molecule has 0 bridgehead atoms. The van der Waals surface area contributed by atoms with Crippen LogP contribution in [0.25, 0.3) is 0 Å². The third-order valence-corrected chi connectivity index (χ3v) is 4.42. The zero-order valence-corrected chi connectivity index (χ0v) is 12.9. The number of hydrogen-bond acceptors (Lipinski definition) is 4. The Morgan fingerprint density at radius 1 is 1.25 bits per heavy atom. The average Bonchev–Trinajstić information content (AvgIpc) is 2.49. The first-order chi connectivity index (χ1) is 9.80. The van der Waals surface area contributed by atoms with Gasteiger partial charge in [0, 0.05) is 24.3 Å². The lowest BCUT2D eigenvalue weighted by molar-refractivity contribution is 0.299. The molecule has 1 saturated carbocycles. The Kier molecular flexibility index (Phi) is 5.77. The highest BCUT2D eigenvalue weighted by Crippen LogP contribution is 2.30. The van der Waals surface area contributed by atoms with Crippen molar-refractivity contribution >= 4 is 5.82 Å². The maximum Gasteiger partial charge on any atom is 0.132 e. The standard InChI is InChI=1S/C16H28N4/c1-3-7-14-10-16(19-12-18-14)20(4-2)15-9-6-5-8-13(15)11-17/h10,12-13,15H,3-9,11,17H2,1-2H3. The highest BCUT2D eigenvalue weighted by molar-refractivity contribution is 5.40. The van der Waals surface area contributed by atoms with E-state index in [1.165, 1.54) is 25.7 Å². The molecule has 20 heavy (non-hydrogen) atoms. The van der Waals surface area contributed by atoms with E-state index in [4.69, 9.17) is 5.73 Å². The van der Waals surface area contributed by atoms with Gasteiger partial charge in [-0.05, 0) is 38.6 Å². The van der Waals surface area contributed by atoms with Gasteiger partial charge in [0.15, 0.2) is 0 Å². The van der Waals surface area contributed by atoms with Crippen LogP contribution in [0.2, 0.25) is 0 Å². The molecule has 0 aliphatic heterocycles. The van der Waals surface area contributed by atoms with Crippen molar-refractivity contribution in [1.29, 1.82) is 0 Å². The van der Waals surface area contributed by atoms with E-state index in [1.807, 2.05) is 0 Å². The van der Waals surface area contributed by atoms with Crippen molar-refractivity contribution in [3.63, 3.8) is 0 Å². The van der Waals surface area contributed by atoms with E-state index in [-0.39, 0.29) is 0 Å². The fourth-order valence-electron chi connectivity index (χ4n) is 3.38. The fourth-order valence-corrected chi connectivity index (χ4v) is 3.38. The second-order valence-corrected chi connectivity index (χ2v) is 5.75.